The molecule has 2 amide bonds. The normalized spacial score (nSPS) is 14.9. The Kier molecular flexibility index (Phi) is 5.46. The zero-order valence-electron chi connectivity index (χ0n) is 14.8. The van der Waals surface area contributed by atoms with Crippen molar-refractivity contribution in [1.82, 2.24) is 0 Å². The Balaban J connectivity index is 1.77. The average Bonchev–Trinajstić information content (AvgIpc) is 2.64. The Labute approximate surface area is 158 Å². The fourth-order valence-electron chi connectivity index (χ4n) is 2.82. The lowest BCUT2D eigenvalue weighted by atomic mass is 10.1. The van der Waals surface area contributed by atoms with E-state index in [0.717, 1.165) is 4.90 Å². The predicted octanol–water partition coefficient (Wildman–Crippen LogP) is 2.93. The summed E-state index contributed by atoms with van der Waals surface area (Å²) in [4.78, 5) is 25.1. The fourth-order valence-corrected chi connectivity index (χ4v) is 3.87. The maximum absolute atomic E-state index is 12.5. The highest BCUT2D eigenvalue weighted by Gasteiger charge is 2.27. The number of nitrogens with zero attached hydrogens (tertiary/aromatic N) is 1. The number of imide groups is 1. The van der Waals surface area contributed by atoms with Crippen molar-refractivity contribution in [2.24, 2.45) is 0 Å². The molecule has 0 saturated carbocycles. The molecule has 1 fully saturated rings. The van der Waals surface area contributed by atoms with E-state index in [1.807, 2.05) is 6.92 Å². The van der Waals surface area contributed by atoms with Gasteiger partial charge in [-0.05, 0) is 61.9 Å². The van der Waals surface area contributed by atoms with Crippen LogP contribution in [0.5, 0.6) is 5.75 Å². The van der Waals surface area contributed by atoms with Gasteiger partial charge in [0.25, 0.3) is 10.0 Å². The monoisotopic (exact) mass is 388 g/mol. The highest BCUT2D eigenvalue weighted by Crippen LogP contribution is 2.25. The molecular formula is C19H20N2O5S. The minimum absolute atomic E-state index is 0.0389. The molecule has 2 aromatic carbocycles. The highest BCUT2D eigenvalue weighted by molar-refractivity contribution is 7.92. The lowest BCUT2D eigenvalue weighted by Crippen LogP contribution is -2.40. The number of ether oxygens (including phenoxy) is 1. The SMILES string of the molecule is CCOc1ccc(NS(=O)(=O)c2ccc(N3C(=O)CCCC3=O)cc2)cc1. The molecule has 1 heterocycles. The minimum Gasteiger partial charge on any atom is -0.494 e. The maximum atomic E-state index is 12.5. The van der Waals surface area contributed by atoms with Gasteiger partial charge >= 0.3 is 0 Å². The second-order valence-electron chi connectivity index (χ2n) is 6.03. The number of amides is 2. The third kappa shape index (κ3) is 4.28. The Morgan fingerprint density at radius 3 is 2.11 bits per heavy atom. The van der Waals surface area contributed by atoms with Crippen LogP contribution >= 0.6 is 0 Å². The number of hydrogen-bond acceptors (Lipinski definition) is 5. The Bertz CT molecular complexity index is 921. The zero-order chi connectivity index (χ0) is 19.4. The molecule has 8 heteroatoms. The molecule has 3 rings (SSSR count). The minimum atomic E-state index is -3.79. The van der Waals surface area contributed by atoms with Gasteiger partial charge in [0.15, 0.2) is 0 Å². The smallest absolute Gasteiger partial charge is 0.261 e. The number of hydrogen-bond donors (Lipinski definition) is 1. The molecule has 0 radical (unpaired) electrons. The van der Waals surface area contributed by atoms with Crippen LogP contribution in [0, 0.1) is 0 Å². The first-order valence-electron chi connectivity index (χ1n) is 8.62. The summed E-state index contributed by atoms with van der Waals surface area (Å²) in [5.41, 5.74) is 0.786. The van der Waals surface area contributed by atoms with Crippen LogP contribution in [0.25, 0.3) is 0 Å². The first kappa shape index (κ1) is 18.9. The molecule has 0 aliphatic carbocycles. The predicted molar refractivity (Wildman–Crippen MR) is 101 cm³/mol. The van der Waals surface area contributed by atoms with Crippen molar-refractivity contribution in [3.8, 4) is 5.75 Å². The molecule has 27 heavy (non-hydrogen) atoms. The molecular weight excluding hydrogens is 368 g/mol. The van der Waals surface area contributed by atoms with E-state index in [2.05, 4.69) is 4.72 Å². The van der Waals surface area contributed by atoms with Gasteiger partial charge in [-0.3, -0.25) is 19.2 Å². The standard InChI is InChI=1S/C19H20N2O5S/c1-2-26-16-10-6-14(7-11-16)20-27(24,25)17-12-8-15(9-13-17)21-18(22)4-3-5-19(21)23/h6-13,20H,2-5H2,1H3. The second-order valence-corrected chi connectivity index (χ2v) is 7.72. The molecule has 0 bridgehead atoms. The van der Waals surface area contributed by atoms with Crippen LogP contribution in [0.3, 0.4) is 0 Å². The molecule has 1 aliphatic heterocycles. The van der Waals surface area contributed by atoms with Crippen LogP contribution < -0.4 is 14.4 Å². The Morgan fingerprint density at radius 2 is 1.56 bits per heavy atom. The summed E-state index contributed by atoms with van der Waals surface area (Å²) in [7, 11) is -3.79. The van der Waals surface area contributed by atoms with Crippen LogP contribution in [-0.4, -0.2) is 26.8 Å². The third-order valence-corrected chi connectivity index (χ3v) is 5.50. The molecule has 0 atom stereocenters. The topological polar surface area (TPSA) is 92.8 Å². The molecule has 0 spiro atoms. The van der Waals surface area contributed by atoms with Gasteiger partial charge < -0.3 is 4.74 Å². The van der Waals surface area contributed by atoms with Crippen molar-refractivity contribution >= 4 is 33.2 Å². The van der Waals surface area contributed by atoms with Crippen LogP contribution in [0.15, 0.2) is 53.4 Å². The van der Waals surface area contributed by atoms with Crippen molar-refractivity contribution in [3.63, 3.8) is 0 Å². The molecule has 0 unspecified atom stereocenters. The van der Waals surface area contributed by atoms with Gasteiger partial charge in [-0.2, -0.15) is 0 Å². The van der Waals surface area contributed by atoms with Crippen molar-refractivity contribution in [1.29, 1.82) is 0 Å². The number of carbonyl (C=O) groups is 2. The largest absolute Gasteiger partial charge is 0.494 e. The van der Waals surface area contributed by atoms with Gasteiger partial charge in [0.1, 0.15) is 5.75 Å². The summed E-state index contributed by atoms with van der Waals surface area (Å²) in [5, 5.41) is 0. The molecule has 1 aliphatic rings. The summed E-state index contributed by atoms with van der Waals surface area (Å²) < 4.78 is 32.9. The van der Waals surface area contributed by atoms with Crippen LogP contribution in [-0.2, 0) is 19.6 Å². The first-order chi connectivity index (χ1) is 12.9. The van der Waals surface area contributed by atoms with Gasteiger partial charge in [0.2, 0.25) is 11.8 Å². The molecule has 1 N–H and O–H groups in total. The quantitative estimate of drug-likeness (QED) is 0.768. The fraction of sp³-hybridized carbons (Fsp3) is 0.263. The van der Waals surface area contributed by atoms with Crippen LogP contribution in [0.4, 0.5) is 11.4 Å². The van der Waals surface area contributed by atoms with Crippen molar-refractivity contribution in [2.75, 3.05) is 16.2 Å². The summed E-state index contributed by atoms with van der Waals surface area (Å²) in [6, 6.07) is 12.3. The highest BCUT2D eigenvalue weighted by atomic mass is 32.2. The average molecular weight is 388 g/mol. The third-order valence-electron chi connectivity index (χ3n) is 4.10. The van der Waals surface area contributed by atoms with Gasteiger partial charge in [-0.25, -0.2) is 8.42 Å². The lowest BCUT2D eigenvalue weighted by Gasteiger charge is -2.24. The number of benzene rings is 2. The Hall–Kier alpha value is -2.87. The number of anilines is 2. The molecule has 1 saturated heterocycles. The maximum Gasteiger partial charge on any atom is 0.261 e. The summed E-state index contributed by atoms with van der Waals surface area (Å²) in [6.07, 6.45) is 1.17. The Morgan fingerprint density at radius 1 is 0.963 bits per heavy atom. The van der Waals surface area contributed by atoms with Gasteiger partial charge in [0.05, 0.1) is 17.2 Å². The van der Waals surface area contributed by atoms with Crippen LogP contribution in [0.1, 0.15) is 26.2 Å². The van der Waals surface area contributed by atoms with E-state index in [1.165, 1.54) is 24.3 Å². The second kappa shape index (κ2) is 7.79. The number of nitrogens with one attached hydrogen (secondary N) is 1. The number of sulfonamides is 1. The lowest BCUT2D eigenvalue weighted by molar-refractivity contribution is -0.129. The van der Waals surface area contributed by atoms with E-state index in [1.54, 1.807) is 24.3 Å². The van der Waals surface area contributed by atoms with Gasteiger partial charge in [-0.15, -0.1) is 0 Å². The summed E-state index contributed by atoms with van der Waals surface area (Å²) in [5.74, 6) is 0.115. The van der Waals surface area contributed by atoms with E-state index in [4.69, 9.17) is 4.74 Å². The summed E-state index contributed by atoms with van der Waals surface area (Å²) in [6.45, 7) is 2.39. The number of rotatable bonds is 6. The van der Waals surface area contributed by atoms with E-state index in [9.17, 15) is 18.0 Å². The first-order valence-corrected chi connectivity index (χ1v) is 10.1. The van der Waals surface area contributed by atoms with Crippen molar-refractivity contribution in [3.05, 3.63) is 48.5 Å². The van der Waals surface area contributed by atoms with Gasteiger partial charge in [-0.1, -0.05) is 0 Å². The van der Waals surface area contributed by atoms with E-state index >= 15 is 0 Å². The van der Waals surface area contributed by atoms with E-state index in [-0.39, 0.29) is 16.7 Å². The van der Waals surface area contributed by atoms with Gasteiger partial charge in [0, 0.05) is 18.5 Å². The number of carbonyl (C=O) groups excluding carboxylic acids is 2. The van der Waals surface area contributed by atoms with Crippen LogP contribution in [0.2, 0.25) is 0 Å². The zero-order valence-corrected chi connectivity index (χ0v) is 15.7. The molecule has 142 valence electrons. The van der Waals surface area contributed by atoms with E-state index in [0.29, 0.717) is 43.0 Å². The van der Waals surface area contributed by atoms with E-state index < -0.39 is 10.0 Å². The summed E-state index contributed by atoms with van der Waals surface area (Å²) >= 11 is 0. The van der Waals surface area contributed by atoms with Crippen molar-refractivity contribution in [2.45, 2.75) is 31.1 Å². The molecule has 7 nitrogen and oxygen atoms in total. The molecule has 0 aromatic heterocycles. The molecule has 2 aromatic rings. The van der Waals surface area contributed by atoms with Crippen molar-refractivity contribution < 1.29 is 22.7 Å². The number of piperidine rings is 1.